The zero-order valence-electron chi connectivity index (χ0n) is 12.1. The Morgan fingerprint density at radius 1 is 1.48 bits per heavy atom. The molecule has 1 aromatic rings. The molecule has 1 atom stereocenters. The molecule has 1 fully saturated rings. The van der Waals surface area contributed by atoms with Gasteiger partial charge in [0.1, 0.15) is 0 Å². The maximum Gasteiger partial charge on any atom is 0.270 e. The van der Waals surface area contributed by atoms with Crippen molar-refractivity contribution in [3.8, 4) is 0 Å². The molecule has 0 radical (unpaired) electrons. The topological polar surface area (TPSA) is 105 Å². The number of non-ortho nitro benzene ring substituents is 1. The number of likely N-dealkylation sites (N-methyl/N-ethyl adjacent to an activating group) is 1. The summed E-state index contributed by atoms with van der Waals surface area (Å²) in [7, 11) is 2.00. The number of nitrogens with two attached hydrogens (primary N) is 1. The predicted octanol–water partition coefficient (Wildman–Crippen LogP) is 0.657. The summed E-state index contributed by atoms with van der Waals surface area (Å²) >= 11 is 0. The number of carbonyl (C=O) groups is 1. The van der Waals surface area contributed by atoms with Gasteiger partial charge in [0.25, 0.3) is 11.6 Å². The maximum atomic E-state index is 12.7. The van der Waals surface area contributed by atoms with Crippen LogP contribution in [0, 0.1) is 10.1 Å². The van der Waals surface area contributed by atoms with E-state index in [1.54, 1.807) is 4.90 Å². The van der Waals surface area contributed by atoms with E-state index in [9.17, 15) is 14.9 Å². The summed E-state index contributed by atoms with van der Waals surface area (Å²) in [5, 5.41) is 10.9. The molecule has 1 unspecified atom stereocenters. The molecular formula is C13H19N5O3. The molecule has 3 N–H and O–H groups in total. The number of nitro benzene ring substituents is 1. The predicted molar refractivity (Wildman–Crippen MR) is 78.9 cm³/mol. The summed E-state index contributed by atoms with van der Waals surface area (Å²) in [6.07, 6.45) is 0. The fraction of sp³-hybridized carbons (Fsp3) is 0.462. The largest absolute Gasteiger partial charge is 0.333 e. The quantitative estimate of drug-likeness (QED) is 0.482. The number of hydrogen-bond donors (Lipinski definition) is 2. The number of nitrogen functional groups attached to an aromatic ring is 1. The van der Waals surface area contributed by atoms with Crippen molar-refractivity contribution in [3.63, 3.8) is 0 Å². The second-order valence-corrected chi connectivity index (χ2v) is 5.24. The number of anilines is 1. The lowest BCUT2D eigenvalue weighted by molar-refractivity contribution is -0.384. The molecule has 1 aliphatic rings. The van der Waals surface area contributed by atoms with Gasteiger partial charge in [-0.25, -0.2) is 0 Å². The van der Waals surface area contributed by atoms with Crippen molar-refractivity contribution in [1.29, 1.82) is 0 Å². The van der Waals surface area contributed by atoms with Gasteiger partial charge in [0.15, 0.2) is 0 Å². The van der Waals surface area contributed by atoms with Crippen LogP contribution in [0.1, 0.15) is 17.3 Å². The number of carbonyl (C=O) groups excluding carboxylic acids is 1. The minimum Gasteiger partial charge on any atom is -0.333 e. The van der Waals surface area contributed by atoms with Crippen LogP contribution in [0.2, 0.25) is 0 Å². The number of nitrogens with zero attached hydrogens (tertiary/aromatic N) is 3. The zero-order valence-corrected chi connectivity index (χ0v) is 12.1. The first-order valence-electron chi connectivity index (χ1n) is 6.68. The number of benzene rings is 1. The molecule has 0 bridgehead atoms. The fourth-order valence-electron chi connectivity index (χ4n) is 2.54. The molecule has 1 saturated heterocycles. The average molecular weight is 293 g/mol. The molecule has 1 heterocycles. The van der Waals surface area contributed by atoms with E-state index < -0.39 is 4.92 Å². The Bertz CT molecular complexity index is 563. The van der Waals surface area contributed by atoms with Gasteiger partial charge < -0.3 is 15.2 Å². The second-order valence-electron chi connectivity index (χ2n) is 5.24. The Balaban J connectivity index is 2.33. The van der Waals surface area contributed by atoms with Gasteiger partial charge in [0, 0.05) is 37.8 Å². The first-order chi connectivity index (χ1) is 9.93. The molecule has 2 rings (SSSR count). The Hall–Kier alpha value is -2.19. The van der Waals surface area contributed by atoms with Crippen LogP contribution in [0.4, 0.5) is 11.4 Å². The number of piperazine rings is 1. The molecule has 8 heteroatoms. The van der Waals surface area contributed by atoms with E-state index in [0.717, 1.165) is 13.1 Å². The van der Waals surface area contributed by atoms with Crippen LogP contribution in [0.15, 0.2) is 18.2 Å². The molecule has 0 saturated carbocycles. The molecule has 0 aliphatic carbocycles. The van der Waals surface area contributed by atoms with Crippen molar-refractivity contribution in [1.82, 2.24) is 9.80 Å². The minimum absolute atomic E-state index is 0.0427. The third-order valence-electron chi connectivity index (χ3n) is 3.69. The average Bonchev–Trinajstić information content (AvgIpc) is 2.45. The molecule has 1 aliphatic heterocycles. The summed E-state index contributed by atoms with van der Waals surface area (Å²) in [5.41, 5.74) is 2.91. The SMILES string of the molecule is CC1CN(C)CCN1C(=O)c1cc([N+](=O)[O-])ccc1NN. The van der Waals surface area contributed by atoms with E-state index >= 15 is 0 Å². The number of hydrazine groups is 1. The lowest BCUT2D eigenvalue weighted by Gasteiger charge is -2.38. The summed E-state index contributed by atoms with van der Waals surface area (Å²) in [6.45, 7) is 4.09. The van der Waals surface area contributed by atoms with Crippen LogP contribution in [-0.4, -0.2) is 53.4 Å². The van der Waals surface area contributed by atoms with Gasteiger partial charge >= 0.3 is 0 Å². The van der Waals surface area contributed by atoms with E-state index in [1.807, 2.05) is 14.0 Å². The van der Waals surface area contributed by atoms with Gasteiger partial charge in [-0.05, 0) is 20.0 Å². The minimum atomic E-state index is -0.523. The van der Waals surface area contributed by atoms with E-state index in [1.165, 1.54) is 18.2 Å². The molecule has 114 valence electrons. The van der Waals surface area contributed by atoms with E-state index in [4.69, 9.17) is 5.84 Å². The zero-order chi connectivity index (χ0) is 15.6. The summed E-state index contributed by atoms with van der Waals surface area (Å²) in [5.74, 6) is 5.16. The number of nitro groups is 1. The van der Waals surface area contributed by atoms with Gasteiger partial charge in [-0.3, -0.25) is 20.8 Å². The Labute approximate surface area is 122 Å². The van der Waals surface area contributed by atoms with Crippen LogP contribution in [0.5, 0.6) is 0 Å². The lowest BCUT2D eigenvalue weighted by atomic mass is 10.1. The highest BCUT2D eigenvalue weighted by molar-refractivity contribution is 6.00. The summed E-state index contributed by atoms with van der Waals surface area (Å²) < 4.78 is 0. The Morgan fingerprint density at radius 2 is 2.19 bits per heavy atom. The highest BCUT2D eigenvalue weighted by Gasteiger charge is 2.28. The van der Waals surface area contributed by atoms with E-state index in [2.05, 4.69) is 10.3 Å². The van der Waals surface area contributed by atoms with Crippen molar-refractivity contribution >= 4 is 17.3 Å². The van der Waals surface area contributed by atoms with Crippen LogP contribution in [-0.2, 0) is 0 Å². The van der Waals surface area contributed by atoms with Gasteiger partial charge in [-0.2, -0.15) is 0 Å². The van der Waals surface area contributed by atoms with Crippen molar-refractivity contribution < 1.29 is 9.72 Å². The van der Waals surface area contributed by atoms with Gasteiger partial charge in [0.2, 0.25) is 0 Å². The summed E-state index contributed by atoms with van der Waals surface area (Å²) in [4.78, 5) is 26.9. The van der Waals surface area contributed by atoms with Crippen molar-refractivity contribution in [3.05, 3.63) is 33.9 Å². The molecular weight excluding hydrogens is 274 g/mol. The fourth-order valence-corrected chi connectivity index (χ4v) is 2.54. The van der Waals surface area contributed by atoms with E-state index in [-0.39, 0.29) is 23.2 Å². The number of rotatable bonds is 3. The molecule has 8 nitrogen and oxygen atoms in total. The van der Waals surface area contributed by atoms with Crippen molar-refractivity contribution in [2.24, 2.45) is 5.84 Å². The smallest absolute Gasteiger partial charge is 0.270 e. The monoisotopic (exact) mass is 293 g/mol. The van der Waals surface area contributed by atoms with Gasteiger partial charge in [0.05, 0.1) is 16.2 Å². The molecule has 0 aromatic heterocycles. The van der Waals surface area contributed by atoms with Crippen LogP contribution in [0.25, 0.3) is 0 Å². The number of hydrogen-bond acceptors (Lipinski definition) is 6. The lowest BCUT2D eigenvalue weighted by Crippen LogP contribution is -2.52. The third kappa shape index (κ3) is 3.11. The van der Waals surface area contributed by atoms with Gasteiger partial charge in [-0.1, -0.05) is 0 Å². The van der Waals surface area contributed by atoms with E-state index in [0.29, 0.717) is 12.2 Å². The standard InChI is InChI=1S/C13H19N5O3/c1-9-8-16(2)5-6-17(9)13(19)11-7-10(18(20)21)3-4-12(11)15-14/h3-4,7,9,15H,5-6,8,14H2,1-2H3. The highest BCUT2D eigenvalue weighted by atomic mass is 16.6. The number of amides is 1. The molecule has 1 aromatic carbocycles. The third-order valence-corrected chi connectivity index (χ3v) is 3.69. The Morgan fingerprint density at radius 3 is 2.76 bits per heavy atom. The molecule has 21 heavy (non-hydrogen) atoms. The van der Waals surface area contributed by atoms with Crippen molar-refractivity contribution in [2.75, 3.05) is 32.1 Å². The van der Waals surface area contributed by atoms with Crippen LogP contribution < -0.4 is 11.3 Å². The second kappa shape index (κ2) is 6.06. The molecule has 1 amide bonds. The van der Waals surface area contributed by atoms with Crippen LogP contribution >= 0.6 is 0 Å². The maximum absolute atomic E-state index is 12.7. The first-order valence-corrected chi connectivity index (χ1v) is 6.68. The van der Waals surface area contributed by atoms with Gasteiger partial charge in [-0.15, -0.1) is 0 Å². The molecule has 0 spiro atoms. The Kier molecular flexibility index (Phi) is 4.39. The first kappa shape index (κ1) is 15.2. The van der Waals surface area contributed by atoms with Crippen molar-refractivity contribution in [2.45, 2.75) is 13.0 Å². The van der Waals surface area contributed by atoms with Crippen LogP contribution in [0.3, 0.4) is 0 Å². The highest BCUT2D eigenvalue weighted by Crippen LogP contribution is 2.24. The summed E-state index contributed by atoms with van der Waals surface area (Å²) in [6, 6.07) is 4.08. The normalized spacial score (nSPS) is 19.4. The number of nitrogens with one attached hydrogen (secondary N) is 1.